The molecular formula is C16H28N4O2. The largest absolute Gasteiger partial charge is 0.393 e. The van der Waals surface area contributed by atoms with Gasteiger partial charge < -0.3 is 10.0 Å². The second-order valence-electron chi connectivity index (χ2n) is 6.74. The number of likely N-dealkylation sites (tertiary alicyclic amines) is 1. The number of rotatable bonds is 4. The SMILES string of the molecule is CC(C)C(C#N)N1CCN(C(=O)CN2CCC(O)CC2)CC1. The maximum absolute atomic E-state index is 12.4. The van der Waals surface area contributed by atoms with Crippen LogP contribution in [0.15, 0.2) is 0 Å². The van der Waals surface area contributed by atoms with Crippen LogP contribution in [0.25, 0.3) is 0 Å². The zero-order chi connectivity index (χ0) is 16.1. The fraction of sp³-hybridized carbons (Fsp3) is 0.875. The Kier molecular flexibility index (Phi) is 6.18. The first-order valence-electron chi connectivity index (χ1n) is 8.33. The summed E-state index contributed by atoms with van der Waals surface area (Å²) in [5, 5.41) is 18.8. The van der Waals surface area contributed by atoms with Gasteiger partial charge in [0.2, 0.25) is 5.91 Å². The van der Waals surface area contributed by atoms with Gasteiger partial charge >= 0.3 is 0 Å². The normalized spacial score (nSPS) is 23.5. The van der Waals surface area contributed by atoms with E-state index in [9.17, 15) is 15.2 Å². The molecule has 0 aromatic heterocycles. The molecule has 1 unspecified atom stereocenters. The molecule has 0 aromatic carbocycles. The van der Waals surface area contributed by atoms with Crippen molar-refractivity contribution in [1.82, 2.24) is 14.7 Å². The number of piperazine rings is 1. The number of amides is 1. The predicted octanol–water partition coefficient (Wildman–Crippen LogP) is 0.135. The molecule has 2 aliphatic heterocycles. The predicted molar refractivity (Wildman–Crippen MR) is 84.1 cm³/mol. The minimum Gasteiger partial charge on any atom is -0.393 e. The second kappa shape index (κ2) is 7.91. The van der Waals surface area contributed by atoms with Crippen LogP contribution >= 0.6 is 0 Å². The number of hydrogen-bond acceptors (Lipinski definition) is 5. The second-order valence-corrected chi connectivity index (χ2v) is 6.74. The monoisotopic (exact) mass is 308 g/mol. The van der Waals surface area contributed by atoms with Gasteiger partial charge in [-0.2, -0.15) is 5.26 Å². The average Bonchev–Trinajstić information content (AvgIpc) is 2.50. The third-order valence-electron chi connectivity index (χ3n) is 4.74. The maximum Gasteiger partial charge on any atom is 0.236 e. The Bertz CT molecular complexity index is 405. The lowest BCUT2D eigenvalue weighted by Crippen LogP contribution is -2.54. The van der Waals surface area contributed by atoms with Crippen LogP contribution in [0.3, 0.4) is 0 Å². The number of nitrogens with zero attached hydrogens (tertiary/aromatic N) is 4. The van der Waals surface area contributed by atoms with E-state index in [2.05, 4.69) is 29.7 Å². The molecule has 124 valence electrons. The van der Waals surface area contributed by atoms with Crippen molar-refractivity contribution < 1.29 is 9.90 Å². The van der Waals surface area contributed by atoms with E-state index in [-0.39, 0.29) is 18.1 Å². The van der Waals surface area contributed by atoms with Crippen molar-refractivity contribution in [2.24, 2.45) is 5.92 Å². The molecule has 0 bridgehead atoms. The fourth-order valence-corrected chi connectivity index (χ4v) is 3.27. The van der Waals surface area contributed by atoms with E-state index < -0.39 is 0 Å². The molecule has 2 fully saturated rings. The fourth-order valence-electron chi connectivity index (χ4n) is 3.27. The molecule has 0 aromatic rings. The van der Waals surface area contributed by atoms with Crippen molar-refractivity contribution in [3.63, 3.8) is 0 Å². The molecule has 2 saturated heterocycles. The van der Waals surface area contributed by atoms with Gasteiger partial charge in [-0.1, -0.05) is 13.8 Å². The van der Waals surface area contributed by atoms with Crippen LogP contribution in [0.1, 0.15) is 26.7 Å². The summed E-state index contributed by atoms with van der Waals surface area (Å²) in [7, 11) is 0. The van der Waals surface area contributed by atoms with Crippen LogP contribution in [-0.2, 0) is 4.79 Å². The molecular weight excluding hydrogens is 280 g/mol. The summed E-state index contributed by atoms with van der Waals surface area (Å²) in [5.41, 5.74) is 0. The summed E-state index contributed by atoms with van der Waals surface area (Å²) in [5.74, 6) is 0.487. The molecule has 0 radical (unpaired) electrons. The van der Waals surface area contributed by atoms with Crippen LogP contribution in [0.5, 0.6) is 0 Å². The van der Waals surface area contributed by atoms with E-state index >= 15 is 0 Å². The highest BCUT2D eigenvalue weighted by Crippen LogP contribution is 2.14. The minimum absolute atomic E-state index is 0.0548. The van der Waals surface area contributed by atoms with Crippen molar-refractivity contribution in [2.45, 2.75) is 38.8 Å². The van der Waals surface area contributed by atoms with Crippen molar-refractivity contribution in [3.05, 3.63) is 0 Å². The number of nitriles is 1. The standard InChI is InChI=1S/C16H28N4O2/c1-13(2)15(11-17)19-7-9-20(10-8-19)16(22)12-18-5-3-14(21)4-6-18/h13-15,21H,3-10,12H2,1-2H3. The summed E-state index contributed by atoms with van der Waals surface area (Å²) in [6.07, 6.45) is 1.33. The van der Waals surface area contributed by atoms with Crippen molar-refractivity contribution in [2.75, 3.05) is 45.8 Å². The summed E-state index contributed by atoms with van der Waals surface area (Å²) in [6, 6.07) is 2.32. The summed E-state index contributed by atoms with van der Waals surface area (Å²) in [4.78, 5) is 18.6. The van der Waals surface area contributed by atoms with Crippen LogP contribution in [-0.4, -0.2) is 83.7 Å². The van der Waals surface area contributed by atoms with Crippen molar-refractivity contribution in [3.8, 4) is 6.07 Å². The summed E-state index contributed by atoms with van der Waals surface area (Å²) >= 11 is 0. The Morgan fingerprint density at radius 1 is 1.18 bits per heavy atom. The molecule has 6 nitrogen and oxygen atoms in total. The minimum atomic E-state index is -0.200. The van der Waals surface area contributed by atoms with Gasteiger partial charge in [0.15, 0.2) is 0 Å². The number of carbonyl (C=O) groups is 1. The van der Waals surface area contributed by atoms with Crippen LogP contribution in [0.2, 0.25) is 0 Å². The Hall–Kier alpha value is -1.16. The lowest BCUT2D eigenvalue weighted by atomic mass is 10.0. The molecule has 1 atom stereocenters. The highest BCUT2D eigenvalue weighted by atomic mass is 16.3. The van der Waals surface area contributed by atoms with Crippen LogP contribution < -0.4 is 0 Å². The number of carbonyl (C=O) groups excluding carboxylic acids is 1. The quantitative estimate of drug-likeness (QED) is 0.800. The van der Waals surface area contributed by atoms with Crippen molar-refractivity contribution in [1.29, 1.82) is 5.26 Å². The van der Waals surface area contributed by atoms with E-state index in [0.29, 0.717) is 25.6 Å². The van der Waals surface area contributed by atoms with Crippen molar-refractivity contribution >= 4 is 5.91 Å². The summed E-state index contributed by atoms with van der Waals surface area (Å²) < 4.78 is 0. The Morgan fingerprint density at radius 2 is 1.77 bits per heavy atom. The Morgan fingerprint density at radius 3 is 2.27 bits per heavy atom. The van der Waals surface area contributed by atoms with Gasteiger partial charge in [0.05, 0.1) is 18.7 Å². The van der Waals surface area contributed by atoms with Crippen LogP contribution in [0, 0.1) is 17.2 Å². The Balaban J connectivity index is 1.76. The molecule has 2 heterocycles. The highest BCUT2D eigenvalue weighted by molar-refractivity contribution is 5.78. The van der Waals surface area contributed by atoms with Gasteiger partial charge in [-0.05, 0) is 18.8 Å². The zero-order valence-electron chi connectivity index (χ0n) is 13.7. The number of hydrogen-bond donors (Lipinski definition) is 1. The van der Waals surface area contributed by atoms with Gasteiger partial charge in [0.1, 0.15) is 6.04 Å². The Labute approximate surface area is 133 Å². The van der Waals surface area contributed by atoms with E-state index in [1.54, 1.807) is 0 Å². The number of aliphatic hydroxyl groups is 1. The van der Waals surface area contributed by atoms with E-state index in [1.807, 2.05) is 4.90 Å². The van der Waals surface area contributed by atoms with Crippen LogP contribution in [0.4, 0.5) is 0 Å². The first kappa shape index (κ1) is 17.2. The molecule has 0 aliphatic carbocycles. The zero-order valence-corrected chi connectivity index (χ0v) is 13.7. The van der Waals surface area contributed by atoms with E-state index in [4.69, 9.17) is 0 Å². The van der Waals surface area contributed by atoms with Gasteiger partial charge in [-0.25, -0.2) is 0 Å². The molecule has 22 heavy (non-hydrogen) atoms. The molecule has 1 N–H and O–H groups in total. The maximum atomic E-state index is 12.4. The average molecular weight is 308 g/mol. The van der Waals surface area contributed by atoms with Gasteiger partial charge in [0.25, 0.3) is 0 Å². The highest BCUT2D eigenvalue weighted by Gasteiger charge is 2.28. The van der Waals surface area contributed by atoms with E-state index in [0.717, 1.165) is 39.0 Å². The van der Waals surface area contributed by atoms with Gasteiger partial charge in [-0.15, -0.1) is 0 Å². The smallest absolute Gasteiger partial charge is 0.236 e. The summed E-state index contributed by atoms with van der Waals surface area (Å²) in [6.45, 7) is 9.17. The molecule has 2 aliphatic rings. The molecule has 6 heteroatoms. The molecule has 2 rings (SSSR count). The first-order valence-corrected chi connectivity index (χ1v) is 8.33. The lowest BCUT2D eigenvalue weighted by Gasteiger charge is -2.39. The van der Waals surface area contributed by atoms with Gasteiger partial charge in [-0.3, -0.25) is 14.6 Å². The number of piperidine rings is 1. The topological polar surface area (TPSA) is 70.8 Å². The van der Waals surface area contributed by atoms with Gasteiger partial charge in [0, 0.05) is 39.3 Å². The molecule has 1 amide bonds. The molecule has 0 saturated carbocycles. The molecule has 0 spiro atoms. The first-order chi connectivity index (χ1) is 10.5. The third kappa shape index (κ3) is 4.42. The number of aliphatic hydroxyl groups excluding tert-OH is 1. The van der Waals surface area contributed by atoms with E-state index in [1.165, 1.54) is 0 Å². The lowest BCUT2D eigenvalue weighted by molar-refractivity contribution is -0.135. The third-order valence-corrected chi connectivity index (χ3v) is 4.74.